The van der Waals surface area contributed by atoms with Gasteiger partial charge in [0.05, 0.1) is 0 Å². The van der Waals surface area contributed by atoms with Gasteiger partial charge in [-0.2, -0.15) is 0 Å². The molecule has 2 aromatic rings. The molecule has 29 heavy (non-hydrogen) atoms. The average Bonchev–Trinajstić information content (AvgIpc) is 3.15. The number of carbonyl (C=O) groups is 1. The molecule has 2 aliphatic heterocycles. The van der Waals surface area contributed by atoms with Crippen LogP contribution in [0.4, 0.5) is 5.69 Å². The number of hydrogen-bond donors (Lipinski definition) is 4. The predicted octanol–water partition coefficient (Wildman–Crippen LogP) is 2.95. The van der Waals surface area contributed by atoms with Crippen molar-refractivity contribution in [1.82, 2.24) is 16.2 Å². The Labute approximate surface area is 178 Å². The first-order chi connectivity index (χ1) is 13.6. The third kappa shape index (κ3) is 4.90. The number of fused-ring (bicyclic) bond motifs is 1. The Bertz CT molecular complexity index is 833. The fourth-order valence-electron chi connectivity index (χ4n) is 4.03. The topological polar surface area (TPSA) is 74.4 Å². The number of piperidine rings is 1. The molecule has 7 heteroatoms. The molecule has 2 saturated heterocycles. The minimum absolute atomic E-state index is 0. The van der Waals surface area contributed by atoms with E-state index in [2.05, 4.69) is 33.6 Å². The molecule has 0 bridgehead atoms. The number of anilines is 1. The van der Waals surface area contributed by atoms with Crippen molar-refractivity contribution in [2.45, 2.75) is 38.5 Å². The lowest BCUT2D eigenvalue weighted by atomic mass is 9.89. The second-order valence-corrected chi connectivity index (χ2v) is 7.67. The lowest BCUT2D eigenvalue weighted by Gasteiger charge is -2.27. The third-order valence-corrected chi connectivity index (χ3v) is 5.70. The summed E-state index contributed by atoms with van der Waals surface area (Å²) in [6.07, 6.45) is 0.997. The van der Waals surface area contributed by atoms with E-state index in [0.29, 0.717) is 6.04 Å². The molecule has 4 atom stereocenters. The summed E-state index contributed by atoms with van der Waals surface area (Å²) in [6.45, 7) is 5.87. The summed E-state index contributed by atoms with van der Waals surface area (Å²) in [6, 6.07) is 16.1. The van der Waals surface area contributed by atoms with Crippen molar-refractivity contribution in [3.63, 3.8) is 0 Å². The molecule has 156 valence electrons. The number of carbonyl (C=O) groups excluding carboxylic acids is 1. The Hall–Kier alpha value is -2.12. The summed E-state index contributed by atoms with van der Waals surface area (Å²) in [7, 11) is 0. The van der Waals surface area contributed by atoms with Crippen molar-refractivity contribution in [1.29, 1.82) is 0 Å². The Balaban J connectivity index is 0.00000240. The first-order valence-corrected chi connectivity index (χ1v) is 9.96. The molecule has 4 unspecified atom stereocenters. The van der Waals surface area contributed by atoms with Crippen LogP contribution in [0.2, 0.25) is 0 Å². The van der Waals surface area contributed by atoms with Gasteiger partial charge in [0.1, 0.15) is 17.9 Å². The molecule has 1 amide bonds. The number of hydrogen-bond acceptors (Lipinski definition) is 5. The van der Waals surface area contributed by atoms with Crippen molar-refractivity contribution in [3.8, 4) is 5.75 Å². The molecule has 2 fully saturated rings. The summed E-state index contributed by atoms with van der Waals surface area (Å²) in [4.78, 5) is 12.8. The molecule has 2 aromatic carbocycles. The van der Waals surface area contributed by atoms with Crippen LogP contribution in [0, 0.1) is 12.8 Å². The van der Waals surface area contributed by atoms with E-state index in [-0.39, 0.29) is 36.4 Å². The molecule has 2 heterocycles. The van der Waals surface area contributed by atoms with Crippen molar-refractivity contribution >= 4 is 24.0 Å². The normalized spacial score (nSPS) is 24.1. The zero-order valence-electron chi connectivity index (χ0n) is 16.8. The van der Waals surface area contributed by atoms with Gasteiger partial charge in [-0.3, -0.25) is 10.2 Å². The van der Waals surface area contributed by atoms with Gasteiger partial charge in [0, 0.05) is 24.2 Å². The van der Waals surface area contributed by atoms with Gasteiger partial charge in [-0.25, -0.2) is 5.43 Å². The van der Waals surface area contributed by atoms with Gasteiger partial charge in [0.25, 0.3) is 0 Å². The summed E-state index contributed by atoms with van der Waals surface area (Å²) in [5.74, 6) is 1.06. The van der Waals surface area contributed by atoms with Gasteiger partial charge in [-0.15, -0.1) is 12.4 Å². The van der Waals surface area contributed by atoms with Crippen LogP contribution in [0.25, 0.3) is 0 Å². The smallest absolute Gasteiger partial charge is 0.243 e. The molecule has 2 aliphatic rings. The van der Waals surface area contributed by atoms with Crippen LogP contribution in [0.3, 0.4) is 0 Å². The Kier molecular flexibility index (Phi) is 7.14. The molecule has 0 aromatic heterocycles. The third-order valence-electron chi connectivity index (χ3n) is 5.70. The second kappa shape index (κ2) is 9.59. The summed E-state index contributed by atoms with van der Waals surface area (Å²) in [5, 5.41) is 6.45. The highest BCUT2D eigenvalue weighted by atomic mass is 35.5. The Morgan fingerprint density at radius 1 is 1.17 bits per heavy atom. The maximum atomic E-state index is 12.8. The maximum Gasteiger partial charge on any atom is 0.243 e. The van der Waals surface area contributed by atoms with Gasteiger partial charge < -0.3 is 15.4 Å². The van der Waals surface area contributed by atoms with Gasteiger partial charge in [-0.1, -0.05) is 30.3 Å². The fourth-order valence-corrected chi connectivity index (χ4v) is 4.03. The Morgan fingerprint density at radius 3 is 2.72 bits per heavy atom. The van der Waals surface area contributed by atoms with Crippen molar-refractivity contribution in [2.75, 3.05) is 18.4 Å². The zero-order valence-corrected chi connectivity index (χ0v) is 17.6. The minimum atomic E-state index is -0.230. The van der Waals surface area contributed by atoms with E-state index in [4.69, 9.17) is 4.74 Å². The molecule has 6 nitrogen and oxygen atoms in total. The number of amides is 1. The molecular weight excluding hydrogens is 388 g/mol. The second-order valence-electron chi connectivity index (χ2n) is 7.67. The number of nitrogens with one attached hydrogen (secondary N) is 4. The van der Waals surface area contributed by atoms with Gasteiger partial charge in [-0.05, 0) is 56.1 Å². The van der Waals surface area contributed by atoms with Crippen LogP contribution in [0.5, 0.6) is 5.75 Å². The first-order valence-electron chi connectivity index (χ1n) is 9.96. The van der Waals surface area contributed by atoms with Gasteiger partial charge in [0.15, 0.2) is 0 Å². The first kappa shape index (κ1) is 21.6. The molecule has 0 aliphatic carbocycles. The van der Waals surface area contributed by atoms with Crippen molar-refractivity contribution in [2.24, 2.45) is 5.92 Å². The van der Waals surface area contributed by atoms with Crippen LogP contribution in [0.15, 0.2) is 48.5 Å². The van der Waals surface area contributed by atoms with Gasteiger partial charge >= 0.3 is 0 Å². The highest BCUT2D eigenvalue weighted by Crippen LogP contribution is 2.27. The van der Waals surface area contributed by atoms with Crippen molar-refractivity contribution in [3.05, 3.63) is 59.7 Å². The highest BCUT2D eigenvalue weighted by Gasteiger charge is 2.41. The van der Waals surface area contributed by atoms with E-state index in [1.165, 1.54) is 0 Å². The SMILES string of the molecule is Cc1cc(OC(C)c2ccccc2)ccc1NC(=O)C1NNC2CCNCC21.Cl. The number of aryl methyl sites for hydroxylation is 1. The largest absolute Gasteiger partial charge is 0.486 e. The maximum absolute atomic E-state index is 12.8. The number of rotatable bonds is 5. The summed E-state index contributed by atoms with van der Waals surface area (Å²) in [5.41, 5.74) is 9.36. The van der Waals surface area contributed by atoms with Gasteiger partial charge in [0.2, 0.25) is 5.91 Å². The van der Waals surface area contributed by atoms with Crippen LogP contribution in [0.1, 0.15) is 30.6 Å². The molecule has 4 rings (SSSR count). The molecular formula is C22H29ClN4O2. The lowest BCUT2D eigenvalue weighted by Crippen LogP contribution is -2.47. The molecule has 4 N–H and O–H groups in total. The standard InChI is InChI=1S/C22H28N4O2.ClH/c1-14-12-17(28-15(2)16-6-4-3-5-7-16)8-9-19(14)24-22(27)21-18-13-23-11-10-20(18)25-26-21;/h3-9,12,15,18,20-21,23,25-26H,10-11,13H2,1-2H3,(H,24,27);1H. The highest BCUT2D eigenvalue weighted by molar-refractivity contribution is 5.96. The van der Waals surface area contributed by atoms with Crippen LogP contribution >= 0.6 is 12.4 Å². The number of halogens is 1. The van der Waals surface area contributed by atoms with E-state index < -0.39 is 0 Å². The van der Waals surface area contributed by atoms with E-state index in [1.807, 2.05) is 50.2 Å². The van der Waals surface area contributed by atoms with Crippen LogP contribution in [-0.2, 0) is 4.79 Å². The minimum Gasteiger partial charge on any atom is -0.486 e. The summed E-state index contributed by atoms with van der Waals surface area (Å²) < 4.78 is 6.07. The van der Waals surface area contributed by atoms with Crippen LogP contribution in [-0.4, -0.2) is 31.1 Å². The van der Waals surface area contributed by atoms with E-state index in [0.717, 1.165) is 42.1 Å². The Morgan fingerprint density at radius 2 is 1.97 bits per heavy atom. The summed E-state index contributed by atoms with van der Waals surface area (Å²) >= 11 is 0. The number of ether oxygens (including phenoxy) is 1. The van der Waals surface area contributed by atoms with Crippen molar-refractivity contribution < 1.29 is 9.53 Å². The molecule has 0 spiro atoms. The predicted molar refractivity (Wildman–Crippen MR) is 117 cm³/mol. The molecule has 0 radical (unpaired) electrons. The average molecular weight is 417 g/mol. The van der Waals surface area contributed by atoms with E-state index >= 15 is 0 Å². The number of benzene rings is 2. The van der Waals surface area contributed by atoms with Crippen LogP contribution < -0.4 is 26.2 Å². The fraction of sp³-hybridized carbons (Fsp3) is 0.409. The lowest BCUT2D eigenvalue weighted by molar-refractivity contribution is -0.118. The van der Waals surface area contributed by atoms with E-state index in [1.54, 1.807) is 0 Å². The quantitative estimate of drug-likeness (QED) is 0.603. The zero-order chi connectivity index (χ0) is 19.5. The van der Waals surface area contributed by atoms with E-state index in [9.17, 15) is 4.79 Å². The molecule has 0 saturated carbocycles. The number of hydrazine groups is 1. The monoisotopic (exact) mass is 416 g/mol.